The molecule has 1 amide bonds. The molecule has 0 saturated heterocycles. The number of nitrogens with one attached hydrogen (secondary N) is 2. The van der Waals surface area contributed by atoms with Gasteiger partial charge in [0, 0.05) is 23.4 Å². The molecule has 2 aliphatic carbocycles. The van der Waals surface area contributed by atoms with Crippen LogP contribution in [0.15, 0.2) is 59.5 Å². The molecular weight excluding hydrogens is 436 g/mol. The molecule has 4 unspecified atom stereocenters. The Hall–Kier alpha value is -2.64. The van der Waals surface area contributed by atoms with Gasteiger partial charge in [0.05, 0.1) is 11.5 Å². The molecule has 2 aromatic rings. The third kappa shape index (κ3) is 5.65. The Balaban J connectivity index is 1.35. The number of amides is 1. The third-order valence-electron chi connectivity index (χ3n) is 6.84. The van der Waals surface area contributed by atoms with E-state index >= 15 is 0 Å². The summed E-state index contributed by atoms with van der Waals surface area (Å²) < 4.78 is 34.2. The van der Waals surface area contributed by atoms with E-state index in [0.717, 1.165) is 17.9 Å². The lowest BCUT2D eigenvalue weighted by Gasteiger charge is -2.28. The maximum atomic E-state index is 12.9. The molecule has 176 valence electrons. The van der Waals surface area contributed by atoms with Crippen LogP contribution >= 0.6 is 0 Å². The standard InChI is InChI=1S/C26H32N2O4S/c1-3-32-25-7-5-4-6-20(25)10-15-26(29)27-22-11-13-23(14-12-22)33(30,31)28-18(2)24-17-19-8-9-21(24)16-19/h4-7,10-15,18-19,21,24,28H,3,8-9,16-17H2,1-2H3,(H,27,29)/b15-10+. The van der Waals surface area contributed by atoms with Gasteiger partial charge in [-0.15, -0.1) is 0 Å². The first-order chi connectivity index (χ1) is 15.9. The van der Waals surface area contributed by atoms with Gasteiger partial charge in [0.2, 0.25) is 15.9 Å². The smallest absolute Gasteiger partial charge is 0.248 e. The maximum Gasteiger partial charge on any atom is 0.248 e. The first-order valence-electron chi connectivity index (χ1n) is 11.7. The van der Waals surface area contributed by atoms with Crippen LogP contribution in [-0.4, -0.2) is 27.0 Å². The number of para-hydroxylation sites is 1. The summed E-state index contributed by atoms with van der Waals surface area (Å²) in [5.41, 5.74) is 1.34. The molecule has 4 rings (SSSR count). The molecule has 0 spiro atoms. The molecule has 2 saturated carbocycles. The third-order valence-corrected chi connectivity index (χ3v) is 8.42. The lowest BCUT2D eigenvalue weighted by molar-refractivity contribution is -0.111. The van der Waals surface area contributed by atoms with Crippen molar-refractivity contribution in [3.63, 3.8) is 0 Å². The van der Waals surface area contributed by atoms with Crippen LogP contribution in [0.2, 0.25) is 0 Å². The summed E-state index contributed by atoms with van der Waals surface area (Å²) in [4.78, 5) is 12.5. The van der Waals surface area contributed by atoms with Crippen LogP contribution in [0.5, 0.6) is 5.75 Å². The first-order valence-corrected chi connectivity index (χ1v) is 13.2. The Bertz CT molecular complexity index is 1110. The Morgan fingerprint density at radius 2 is 1.88 bits per heavy atom. The number of fused-ring (bicyclic) bond motifs is 2. The van der Waals surface area contributed by atoms with E-state index in [4.69, 9.17) is 4.74 Å². The van der Waals surface area contributed by atoms with E-state index in [1.54, 1.807) is 18.2 Å². The molecular formula is C26H32N2O4S. The van der Waals surface area contributed by atoms with Gasteiger partial charge in [-0.2, -0.15) is 0 Å². The summed E-state index contributed by atoms with van der Waals surface area (Å²) in [6.45, 7) is 4.43. The minimum absolute atomic E-state index is 0.0746. The molecule has 2 aliphatic rings. The molecule has 33 heavy (non-hydrogen) atoms. The highest BCUT2D eigenvalue weighted by Gasteiger charge is 2.42. The molecule has 2 N–H and O–H groups in total. The van der Waals surface area contributed by atoms with Gasteiger partial charge in [0.1, 0.15) is 5.75 Å². The SMILES string of the molecule is CCOc1ccccc1/C=C/C(=O)Nc1ccc(S(=O)(=O)NC(C)C2CC3CCC2C3)cc1. The van der Waals surface area contributed by atoms with Gasteiger partial charge in [-0.05, 0) is 87.3 Å². The minimum atomic E-state index is -3.61. The van der Waals surface area contributed by atoms with Crippen LogP contribution < -0.4 is 14.8 Å². The van der Waals surface area contributed by atoms with Gasteiger partial charge in [-0.3, -0.25) is 4.79 Å². The van der Waals surface area contributed by atoms with Crippen molar-refractivity contribution in [1.29, 1.82) is 0 Å². The van der Waals surface area contributed by atoms with Crippen molar-refractivity contribution in [3.8, 4) is 5.75 Å². The van der Waals surface area contributed by atoms with Crippen LogP contribution in [0.3, 0.4) is 0 Å². The number of ether oxygens (including phenoxy) is 1. The number of sulfonamides is 1. The zero-order valence-electron chi connectivity index (χ0n) is 19.2. The number of carbonyl (C=O) groups is 1. The fourth-order valence-electron chi connectivity index (χ4n) is 5.28. The molecule has 4 atom stereocenters. The van der Waals surface area contributed by atoms with Crippen LogP contribution in [0.4, 0.5) is 5.69 Å². The summed E-state index contributed by atoms with van der Waals surface area (Å²) in [7, 11) is -3.61. The molecule has 0 radical (unpaired) electrons. The first kappa shape index (κ1) is 23.5. The highest BCUT2D eigenvalue weighted by Crippen LogP contribution is 2.49. The van der Waals surface area contributed by atoms with Crippen LogP contribution in [-0.2, 0) is 14.8 Å². The average Bonchev–Trinajstić information content (AvgIpc) is 3.43. The van der Waals surface area contributed by atoms with Crippen LogP contribution in [0.25, 0.3) is 6.08 Å². The Kier molecular flexibility index (Phi) is 7.20. The van der Waals surface area contributed by atoms with E-state index in [1.807, 2.05) is 38.1 Å². The molecule has 6 nitrogen and oxygen atoms in total. The quantitative estimate of drug-likeness (QED) is 0.516. The predicted octanol–water partition coefficient (Wildman–Crippen LogP) is 4.84. The van der Waals surface area contributed by atoms with E-state index in [2.05, 4.69) is 10.0 Å². The summed E-state index contributed by atoms with van der Waals surface area (Å²) in [5.74, 6) is 2.26. The summed E-state index contributed by atoms with van der Waals surface area (Å²) in [6, 6.07) is 13.7. The van der Waals surface area contributed by atoms with E-state index in [1.165, 1.54) is 37.5 Å². The topological polar surface area (TPSA) is 84.5 Å². The van der Waals surface area contributed by atoms with Crippen molar-refractivity contribution in [2.45, 2.75) is 50.5 Å². The summed E-state index contributed by atoms with van der Waals surface area (Å²) in [6.07, 6.45) is 8.02. The minimum Gasteiger partial charge on any atom is -0.493 e. The largest absolute Gasteiger partial charge is 0.493 e. The molecule has 2 fully saturated rings. The second kappa shape index (κ2) is 10.1. The molecule has 2 aromatic carbocycles. The fourth-order valence-corrected chi connectivity index (χ4v) is 6.57. The zero-order valence-corrected chi connectivity index (χ0v) is 20.0. The van der Waals surface area contributed by atoms with Gasteiger partial charge in [0.25, 0.3) is 0 Å². The van der Waals surface area contributed by atoms with Crippen LogP contribution in [0.1, 0.15) is 45.1 Å². The van der Waals surface area contributed by atoms with E-state index in [0.29, 0.717) is 29.9 Å². The summed E-state index contributed by atoms with van der Waals surface area (Å²) >= 11 is 0. The second-order valence-electron chi connectivity index (χ2n) is 9.07. The Labute approximate surface area is 196 Å². The monoisotopic (exact) mass is 468 g/mol. The number of carbonyl (C=O) groups excluding carboxylic acids is 1. The van der Waals surface area contributed by atoms with Crippen LogP contribution in [0, 0.1) is 17.8 Å². The normalized spacial score (nSPS) is 23.0. The summed E-state index contributed by atoms with van der Waals surface area (Å²) in [5, 5.41) is 2.76. The predicted molar refractivity (Wildman–Crippen MR) is 130 cm³/mol. The van der Waals surface area contributed by atoms with Gasteiger partial charge in [-0.25, -0.2) is 13.1 Å². The zero-order chi connectivity index (χ0) is 23.4. The lowest BCUT2D eigenvalue weighted by Crippen LogP contribution is -2.40. The molecule has 2 bridgehead atoms. The van der Waals surface area contributed by atoms with Crippen molar-refractivity contribution in [1.82, 2.24) is 4.72 Å². The van der Waals surface area contributed by atoms with E-state index in [9.17, 15) is 13.2 Å². The van der Waals surface area contributed by atoms with Crippen molar-refractivity contribution in [3.05, 3.63) is 60.2 Å². The van der Waals surface area contributed by atoms with Crippen molar-refractivity contribution in [2.75, 3.05) is 11.9 Å². The van der Waals surface area contributed by atoms with Crippen molar-refractivity contribution < 1.29 is 17.9 Å². The van der Waals surface area contributed by atoms with E-state index < -0.39 is 10.0 Å². The van der Waals surface area contributed by atoms with Gasteiger partial charge >= 0.3 is 0 Å². The number of hydrogen-bond acceptors (Lipinski definition) is 4. The number of rotatable bonds is 9. The average molecular weight is 469 g/mol. The Morgan fingerprint density at radius 1 is 1.12 bits per heavy atom. The van der Waals surface area contributed by atoms with Crippen molar-refractivity contribution >= 4 is 27.7 Å². The van der Waals surface area contributed by atoms with Crippen molar-refractivity contribution in [2.24, 2.45) is 17.8 Å². The number of anilines is 1. The molecule has 7 heteroatoms. The number of hydrogen-bond donors (Lipinski definition) is 2. The Morgan fingerprint density at radius 3 is 2.55 bits per heavy atom. The van der Waals surface area contributed by atoms with Gasteiger partial charge in [0.15, 0.2) is 0 Å². The number of benzene rings is 2. The maximum absolute atomic E-state index is 12.9. The molecule has 0 heterocycles. The lowest BCUT2D eigenvalue weighted by atomic mass is 9.84. The van der Waals surface area contributed by atoms with E-state index in [-0.39, 0.29) is 16.8 Å². The van der Waals surface area contributed by atoms with Gasteiger partial charge in [-0.1, -0.05) is 24.6 Å². The van der Waals surface area contributed by atoms with Gasteiger partial charge < -0.3 is 10.1 Å². The highest BCUT2D eigenvalue weighted by molar-refractivity contribution is 7.89. The fraction of sp³-hybridized carbons (Fsp3) is 0.423. The highest BCUT2D eigenvalue weighted by atomic mass is 32.2. The second-order valence-corrected chi connectivity index (χ2v) is 10.8. The molecule has 0 aliphatic heterocycles. The molecule has 0 aromatic heterocycles.